The highest BCUT2D eigenvalue weighted by atomic mass is 16.3. The van der Waals surface area contributed by atoms with Crippen molar-refractivity contribution in [2.75, 3.05) is 11.4 Å². The average molecular weight is 253 g/mol. The van der Waals surface area contributed by atoms with Gasteiger partial charge in [0.1, 0.15) is 23.3 Å². The maximum Gasteiger partial charge on any atom is 0.145 e. The maximum absolute atomic E-state index is 9.09. The van der Waals surface area contributed by atoms with Gasteiger partial charge < -0.3 is 9.32 Å². The normalized spacial score (nSPS) is 18.5. The van der Waals surface area contributed by atoms with E-state index >= 15 is 0 Å². The average Bonchev–Trinajstić information content (AvgIpc) is 3.09. The summed E-state index contributed by atoms with van der Waals surface area (Å²) in [6.07, 6.45) is 3.88. The Morgan fingerprint density at radius 1 is 1.42 bits per heavy atom. The van der Waals surface area contributed by atoms with E-state index in [4.69, 9.17) is 9.68 Å². The Labute approximate surface area is 112 Å². The summed E-state index contributed by atoms with van der Waals surface area (Å²) in [4.78, 5) is 6.68. The molecule has 19 heavy (non-hydrogen) atoms. The fourth-order valence-electron chi connectivity index (χ4n) is 2.61. The SMILES string of the molecule is Cc1ccc(N2CCCC2c2ccco2)nc1C#N. The first-order valence-electron chi connectivity index (χ1n) is 6.47. The molecule has 0 N–H and O–H groups in total. The van der Waals surface area contributed by atoms with Crippen LogP contribution in [0.3, 0.4) is 0 Å². The van der Waals surface area contributed by atoms with Crippen molar-refractivity contribution in [1.29, 1.82) is 5.26 Å². The highest BCUT2D eigenvalue weighted by Crippen LogP contribution is 2.35. The van der Waals surface area contributed by atoms with E-state index in [9.17, 15) is 0 Å². The largest absolute Gasteiger partial charge is 0.467 e. The summed E-state index contributed by atoms with van der Waals surface area (Å²) < 4.78 is 5.51. The first kappa shape index (κ1) is 11.8. The molecule has 0 spiro atoms. The summed E-state index contributed by atoms with van der Waals surface area (Å²) in [7, 11) is 0. The van der Waals surface area contributed by atoms with Crippen LogP contribution in [0.15, 0.2) is 34.9 Å². The summed E-state index contributed by atoms with van der Waals surface area (Å²) in [5, 5.41) is 9.09. The molecule has 4 heteroatoms. The molecule has 3 heterocycles. The van der Waals surface area contributed by atoms with Crippen LogP contribution in [0.4, 0.5) is 5.82 Å². The van der Waals surface area contributed by atoms with Crippen molar-refractivity contribution in [3.63, 3.8) is 0 Å². The zero-order valence-electron chi connectivity index (χ0n) is 10.8. The molecule has 4 nitrogen and oxygen atoms in total. The van der Waals surface area contributed by atoms with Gasteiger partial charge >= 0.3 is 0 Å². The molecule has 0 aliphatic carbocycles. The second kappa shape index (κ2) is 4.77. The van der Waals surface area contributed by atoms with Crippen LogP contribution in [0.25, 0.3) is 0 Å². The van der Waals surface area contributed by atoms with Gasteiger partial charge in [0.2, 0.25) is 0 Å². The Kier molecular flexibility index (Phi) is 2.96. The Morgan fingerprint density at radius 3 is 3.05 bits per heavy atom. The Hall–Kier alpha value is -2.28. The van der Waals surface area contributed by atoms with Crippen LogP contribution >= 0.6 is 0 Å². The van der Waals surface area contributed by atoms with Crippen molar-refractivity contribution >= 4 is 5.82 Å². The van der Waals surface area contributed by atoms with E-state index in [0.717, 1.165) is 36.5 Å². The fourth-order valence-corrected chi connectivity index (χ4v) is 2.61. The van der Waals surface area contributed by atoms with E-state index < -0.39 is 0 Å². The lowest BCUT2D eigenvalue weighted by Gasteiger charge is -2.24. The number of pyridine rings is 1. The van der Waals surface area contributed by atoms with Crippen molar-refractivity contribution in [3.05, 3.63) is 47.5 Å². The van der Waals surface area contributed by atoms with E-state index in [1.54, 1.807) is 6.26 Å². The standard InChI is InChI=1S/C15H15N3O/c1-11-6-7-15(17-12(11)10-16)18-8-2-4-13(18)14-5-3-9-19-14/h3,5-7,9,13H,2,4,8H2,1H3. The molecule has 2 aromatic rings. The molecular weight excluding hydrogens is 238 g/mol. The number of rotatable bonds is 2. The molecule has 1 atom stereocenters. The number of anilines is 1. The topological polar surface area (TPSA) is 53.1 Å². The van der Waals surface area contributed by atoms with Crippen molar-refractivity contribution in [1.82, 2.24) is 4.98 Å². The van der Waals surface area contributed by atoms with Gasteiger partial charge in [-0.2, -0.15) is 5.26 Å². The Morgan fingerprint density at radius 2 is 2.32 bits per heavy atom. The first-order valence-corrected chi connectivity index (χ1v) is 6.47. The molecule has 1 aliphatic rings. The third-order valence-corrected chi connectivity index (χ3v) is 3.61. The molecule has 1 fully saturated rings. The Balaban J connectivity index is 1.95. The summed E-state index contributed by atoms with van der Waals surface area (Å²) in [5.74, 6) is 1.83. The van der Waals surface area contributed by atoms with Gasteiger partial charge in [0.05, 0.1) is 12.3 Å². The van der Waals surface area contributed by atoms with Crippen LogP contribution in [0.2, 0.25) is 0 Å². The summed E-state index contributed by atoms with van der Waals surface area (Å²) >= 11 is 0. The molecule has 1 aliphatic heterocycles. The number of nitriles is 1. The first-order chi connectivity index (χ1) is 9.29. The summed E-state index contributed by atoms with van der Waals surface area (Å²) in [6, 6.07) is 10.2. The molecule has 0 bridgehead atoms. The van der Waals surface area contributed by atoms with Crippen molar-refractivity contribution in [2.45, 2.75) is 25.8 Å². The lowest BCUT2D eigenvalue weighted by molar-refractivity contribution is 0.464. The smallest absolute Gasteiger partial charge is 0.145 e. The third kappa shape index (κ3) is 2.08. The Bertz CT molecular complexity index is 613. The minimum absolute atomic E-state index is 0.233. The van der Waals surface area contributed by atoms with Gasteiger partial charge in [0, 0.05) is 6.54 Å². The molecule has 0 amide bonds. The molecule has 0 aromatic carbocycles. The van der Waals surface area contributed by atoms with E-state index in [0.29, 0.717) is 5.69 Å². The second-order valence-electron chi connectivity index (χ2n) is 4.81. The van der Waals surface area contributed by atoms with Gasteiger partial charge in [-0.3, -0.25) is 0 Å². The van der Waals surface area contributed by atoms with Crippen LogP contribution in [0.5, 0.6) is 0 Å². The van der Waals surface area contributed by atoms with Gasteiger partial charge in [0.25, 0.3) is 0 Å². The van der Waals surface area contributed by atoms with Gasteiger partial charge in [0.15, 0.2) is 0 Å². The number of hydrogen-bond donors (Lipinski definition) is 0. The summed E-state index contributed by atoms with van der Waals surface area (Å²) in [6.45, 7) is 2.86. The number of aryl methyl sites for hydroxylation is 1. The van der Waals surface area contributed by atoms with Crippen LogP contribution in [0, 0.1) is 18.3 Å². The van der Waals surface area contributed by atoms with Crippen molar-refractivity contribution < 1.29 is 4.42 Å². The quantitative estimate of drug-likeness (QED) is 0.824. The van der Waals surface area contributed by atoms with Crippen LogP contribution in [-0.2, 0) is 0 Å². The number of hydrogen-bond acceptors (Lipinski definition) is 4. The fraction of sp³-hybridized carbons (Fsp3) is 0.333. The van der Waals surface area contributed by atoms with Gasteiger partial charge in [-0.05, 0) is 43.5 Å². The molecule has 1 saturated heterocycles. The van der Waals surface area contributed by atoms with E-state index in [1.807, 2.05) is 31.2 Å². The van der Waals surface area contributed by atoms with E-state index in [-0.39, 0.29) is 6.04 Å². The summed E-state index contributed by atoms with van der Waals surface area (Å²) in [5.41, 5.74) is 1.42. The van der Waals surface area contributed by atoms with Crippen LogP contribution in [-0.4, -0.2) is 11.5 Å². The predicted molar refractivity (Wildman–Crippen MR) is 71.7 cm³/mol. The molecule has 2 aromatic heterocycles. The number of aromatic nitrogens is 1. The van der Waals surface area contributed by atoms with Crippen LogP contribution < -0.4 is 4.90 Å². The predicted octanol–water partition coefficient (Wildman–Crippen LogP) is 3.20. The lowest BCUT2D eigenvalue weighted by Crippen LogP contribution is -2.23. The van der Waals surface area contributed by atoms with Gasteiger partial charge in [-0.1, -0.05) is 6.07 Å². The van der Waals surface area contributed by atoms with E-state index in [2.05, 4.69) is 16.0 Å². The minimum Gasteiger partial charge on any atom is -0.467 e. The zero-order chi connectivity index (χ0) is 13.2. The van der Waals surface area contributed by atoms with Crippen molar-refractivity contribution in [2.24, 2.45) is 0 Å². The molecule has 3 rings (SSSR count). The van der Waals surface area contributed by atoms with Gasteiger partial charge in [-0.15, -0.1) is 0 Å². The molecule has 0 saturated carbocycles. The molecular formula is C15H15N3O. The maximum atomic E-state index is 9.09. The van der Waals surface area contributed by atoms with E-state index in [1.165, 1.54) is 0 Å². The number of furan rings is 1. The molecule has 0 radical (unpaired) electrons. The molecule has 1 unspecified atom stereocenters. The van der Waals surface area contributed by atoms with Crippen LogP contribution in [0.1, 0.15) is 35.9 Å². The van der Waals surface area contributed by atoms with Gasteiger partial charge in [-0.25, -0.2) is 4.98 Å². The third-order valence-electron chi connectivity index (χ3n) is 3.61. The zero-order valence-corrected chi connectivity index (χ0v) is 10.8. The molecule has 96 valence electrons. The second-order valence-corrected chi connectivity index (χ2v) is 4.81. The minimum atomic E-state index is 0.233. The highest BCUT2D eigenvalue weighted by Gasteiger charge is 2.29. The monoisotopic (exact) mass is 253 g/mol. The van der Waals surface area contributed by atoms with Crippen molar-refractivity contribution in [3.8, 4) is 6.07 Å². The highest BCUT2D eigenvalue weighted by molar-refractivity contribution is 5.47. The number of nitrogens with zero attached hydrogens (tertiary/aromatic N) is 3. The lowest BCUT2D eigenvalue weighted by atomic mass is 10.1.